The molecule has 1 saturated heterocycles. The average molecular weight is 482 g/mol. The number of rotatable bonds is 9. The van der Waals surface area contributed by atoms with Gasteiger partial charge in [0.1, 0.15) is 0 Å². The summed E-state index contributed by atoms with van der Waals surface area (Å²) in [5.74, 6) is 1.17. The van der Waals surface area contributed by atoms with E-state index in [1.54, 1.807) is 21.3 Å². The Morgan fingerprint density at radius 3 is 2.26 bits per heavy atom. The smallest absolute Gasteiger partial charge is 0.314 e. The zero-order valence-electron chi connectivity index (χ0n) is 21.8. The SMILES string of the molecule is CNC(=O)N[C@@H](C)Cc1cc(OC)c(OC)cc1C(=N)c1ccc(N2CCC(N(C)C)CC2)cc1. The summed E-state index contributed by atoms with van der Waals surface area (Å²) in [6, 6.07) is 12.3. The molecule has 1 heterocycles. The zero-order chi connectivity index (χ0) is 25.5. The molecule has 2 aromatic carbocycles. The summed E-state index contributed by atoms with van der Waals surface area (Å²) in [4.78, 5) is 16.5. The highest BCUT2D eigenvalue weighted by atomic mass is 16.5. The van der Waals surface area contributed by atoms with E-state index in [9.17, 15) is 4.79 Å². The van der Waals surface area contributed by atoms with Gasteiger partial charge in [-0.15, -0.1) is 0 Å². The van der Waals surface area contributed by atoms with Gasteiger partial charge in [0.05, 0.1) is 19.9 Å². The number of urea groups is 1. The van der Waals surface area contributed by atoms with Crippen LogP contribution < -0.4 is 25.0 Å². The Bertz CT molecular complexity index is 1010. The van der Waals surface area contributed by atoms with E-state index in [4.69, 9.17) is 14.9 Å². The number of methoxy groups -OCH3 is 2. The normalized spacial score (nSPS) is 15.0. The molecule has 2 amide bonds. The molecule has 0 saturated carbocycles. The van der Waals surface area contributed by atoms with Gasteiger partial charge in [0.25, 0.3) is 0 Å². The minimum atomic E-state index is -0.236. The minimum Gasteiger partial charge on any atom is -0.493 e. The quantitative estimate of drug-likeness (QED) is 0.477. The van der Waals surface area contributed by atoms with Gasteiger partial charge in [-0.3, -0.25) is 5.41 Å². The van der Waals surface area contributed by atoms with Crippen LogP contribution in [0.2, 0.25) is 0 Å². The van der Waals surface area contributed by atoms with Crippen LogP contribution in [-0.4, -0.2) is 77.2 Å². The van der Waals surface area contributed by atoms with Crippen molar-refractivity contribution in [1.82, 2.24) is 15.5 Å². The van der Waals surface area contributed by atoms with E-state index in [-0.39, 0.29) is 12.1 Å². The van der Waals surface area contributed by atoms with Gasteiger partial charge in [-0.1, -0.05) is 12.1 Å². The first kappa shape index (κ1) is 26.3. The standard InChI is InChI=1S/C27H39N5O3/c1-18(30-27(33)29-2)15-20-16-24(34-5)25(35-6)17-23(20)26(28)19-7-9-22(10-8-19)32-13-11-21(12-14-32)31(3)4/h7-10,16-18,21,28H,11-15H2,1-6H3,(H2,29,30,33)/t18-/m0/s1. The number of nitrogens with one attached hydrogen (secondary N) is 3. The first-order chi connectivity index (χ1) is 16.8. The molecular formula is C27H39N5O3. The van der Waals surface area contributed by atoms with Gasteiger partial charge in [-0.2, -0.15) is 0 Å². The van der Waals surface area contributed by atoms with E-state index in [1.165, 1.54) is 5.69 Å². The number of piperidine rings is 1. The number of hydrogen-bond donors (Lipinski definition) is 3. The third kappa shape index (κ3) is 6.45. The average Bonchev–Trinajstić information content (AvgIpc) is 2.87. The molecule has 8 nitrogen and oxygen atoms in total. The van der Waals surface area contributed by atoms with E-state index in [2.05, 4.69) is 46.7 Å². The number of carbonyl (C=O) groups excluding carboxylic acids is 1. The Morgan fingerprint density at radius 1 is 1.11 bits per heavy atom. The van der Waals surface area contributed by atoms with Crippen molar-refractivity contribution in [2.75, 3.05) is 53.4 Å². The van der Waals surface area contributed by atoms with Crippen LogP contribution in [0.25, 0.3) is 0 Å². The summed E-state index contributed by atoms with van der Waals surface area (Å²) >= 11 is 0. The first-order valence-electron chi connectivity index (χ1n) is 12.1. The second kappa shape index (κ2) is 11.9. The van der Waals surface area contributed by atoms with E-state index < -0.39 is 0 Å². The van der Waals surface area contributed by atoms with Crippen molar-refractivity contribution in [2.24, 2.45) is 0 Å². The van der Waals surface area contributed by atoms with Crippen LogP contribution in [0.4, 0.5) is 10.5 Å². The fourth-order valence-corrected chi connectivity index (χ4v) is 4.63. The largest absolute Gasteiger partial charge is 0.493 e. The first-order valence-corrected chi connectivity index (χ1v) is 12.1. The summed E-state index contributed by atoms with van der Waals surface area (Å²) in [6.07, 6.45) is 2.86. The van der Waals surface area contributed by atoms with Gasteiger partial charge in [-0.05, 0) is 70.1 Å². The van der Waals surface area contributed by atoms with Crippen LogP contribution in [0, 0.1) is 5.41 Å². The van der Waals surface area contributed by atoms with Crippen molar-refractivity contribution in [2.45, 2.75) is 38.3 Å². The maximum atomic E-state index is 11.8. The number of amides is 2. The number of anilines is 1. The van der Waals surface area contributed by atoms with Crippen LogP contribution in [0.5, 0.6) is 11.5 Å². The van der Waals surface area contributed by atoms with Crippen LogP contribution in [0.3, 0.4) is 0 Å². The molecular weight excluding hydrogens is 442 g/mol. The highest BCUT2D eigenvalue weighted by Crippen LogP contribution is 2.33. The molecule has 1 fully saturated rings. The van der Waals surface area contributed by atoms with Gasteiger partial charge in [0.2, 0.25) is 0 Å². The van der Waals surface area contributed by atoms with Crippen molar-refractivity contribution >= 4 is 17.4 Å². The molecule has 0 aliphatic carbocycles. The van der Waals surface area contributed by atoms with Crippen LogP contribution in [-0.2, 0) is 6.42 Å². The molecule has 3 N–H and O–H groups in total. The third-order valence-corrected chi connectivity index (χ3v) is 6.73. The lowest BCUT2D eigenvalue weighted by molar-refractivity contribution is 0.240. The number of benzene rings is 2. The van der Waals surface area contributed by atoms with Crippen molar-refractivity contribution < 1.29 is 14.3 Å². The highest BCUT2D eigenvalue weighted by molar-refractivity contribution is 6.12. The predicted molar refractivity (Wildman–Crippen MR) is 142 cm³/mol. The monoisotopic (exact) mass is 481 g/mol. The van der Waals surface area contributed by atoms with Crippen LogP contribution in [0.1, 0.15) is 36.5 Å². The topological polar surface area (TPSA) is 89.9 Å². The lowest BCUT2D eigenvalue weighted by Crippen LogP contribution is -2.41. The lowest BCUT2D eigenvalue weighted by Gasteiger charge is -2.36. The molecule has 3 rings (SSSR count). The second-order valence-electron chi connectivity index (χ2n) is 9.30. The van der Waals surface area contributed by atoms with Crippen LogP contribution in [0.15, 0.2) is 36.4 Å². The Hall–Kier alpha value is -3.26. The number of ether oxygens (including phenoxy) is 2. The zero-order valence-corrected chi connectivity index (χ0v) is 21.8. The molecule has 0 unspecified atom stereocenters. The van der Waals surface area contributed by atoms with Crippen molar-refractivity contribution in [3.05, 3.63) is 53.1 Å². The van der Waals surface area contributed by atoms with Gasteiger partial charge in [0, 0.05) is 49.0 Å². The highest BCUT2D eigenvalue weighted by Gasteiger charge is 2.22. The van der Waals surface area contributed by atoms with Crippen molar-refractivity contribution in [3.63, 3.8) is 0 Å². The molecule has 1 aliphatic rings. The lowest BCUT2D eigenvalue weighted by atomic mass is 9.93. The third-order valence-electron chi connectivity index (χ3n) is 6.73. The molecule has 0 aromatic heterocycles. The van der Waals surface area contributed by atoms with E-state index in [0.717, 1.165) is 42.6 Å². The Morgan fingerprint density at radius 2 is 1.71 bits per heavy atom. The number of nitrogens with zero attached hydrogens (tertiary/aromatic N) is 2. The summed E-state index contributed by atoms with van der Waals surface area (Å²) < 4.78 is 11.0. The van der Waals surface area contributed by atoms with E-state index in [0.29, 0.717) is 29.7 Å². The molecule has 2 aromatic rings. The van der Waals surface area contributed by atoms with E-state index in [1.807, 2.05) is 31.2 Å². The summed E-state index contributed by atoms with van der Waals surface area (Å²) in [5, 5.41) is 14.5. The fourth-order valence-electron chi connectivity index (χ4n) is 4.63. The van der Waals surface area contributed by atoms with Gasteiger partial charge < -0.3 is 29.9 Å². The molecule has 0 spiro atoms. The number of carbonyl (C=O) groups is 1. The Balaban J connectivity index is 1.83. The summed E-state index contributed by atoms with van der Waals surface area (Å²) in [7, 11) is 9.08. The summed E-state index contributed by atoms with van der Waals surface area (Å²) in [6.45, 7) is 4.01. The van der Waals surface area contributed by atoms with Gasteiger partial charge in [0.15, 0.2) is 11.5 Å². The molecule has 0 radical (unpaired) electrons. The molecule has 1 aliphatic heterocycles. The van der Waals surface area contributed by atoms with Crippen molar-refractivity contribution in [1.29, 1.82) is 5.41 Å². The Kier molecular flexibility index (Phi) is 8.98. The van der Waals surface area contributed by atoms with Crippen molar-refractivity contribution in [3.8, 4) is 11.5 Å². The fraction of sp³-hybridized carbons (Fsp3) is 0.481. The maximum absolute atomic E-state index is 11.8. The van der Waals surface area contributed by atoms with Gasteiger partial charge in [-0.25, -0.2) is 4.79 Å². The molecule has 8 heteroatoms. The minimum absolute atomic E-state index is 0.132. The summed E-state index contributed by atoms with van der Waals surface area (Å²) in [5.41, 5.74) is 4.09. The Labute approximate surface area is 209 Å². The molecule has 1 atom stereocenters. The van der Waals surface area contributed by atoms with E-state index >= 15 is 0 Å². The second-order valence-corrected chi connectivity index (χ2v) is 9.30. The molecule has 35 heavy (non-hydrogen) atoms. The molecule has 190 valence electrons. The maximum Gasteiger partial charge on any atom is 0.314 e. The predicted octanol–water partition coefficient (Wildman–Crippen LogP) is 3.51. The van der Waals surface area contributed by atoms with Gasteiger partial charge >= 0.3 is 6.03 Å². The van der Waals surface area contributed by atoms with Crippen LogP contribution >= 0.6 is 0 Å². The molecule has 0 bridgehead atoms. The number of hydrogen-bond acceptors (Lipinski definition) is 6.